The van der Waals surface area contributed by atoms with Gasteiger partial charge in [0.05, 0.1) is 6.54 Å². The van der Waals surface area contributed by atoms with Gasteiger partial charge in [-0.25, -0.2) is 9.90 Å². The highest BCUT2D eigenvalue weighted by molar-refractivity contribution is 6.02. The Morgan fingerprint density at radius 1 is 1.13 bits per heavy atom. The molecule has 23 heavy (non-hydrogen) atoms. The molecule has 0 aliphatic heterocycles. The summed E-state index contributed by atoms with van der Waals surface area (Å²) in [7, 11) is 0. The quantitative estimate of drug-likeness (QED) is 0.775. The highest BCUT2D eigenvalue weighted by Gasteiger charge is 2.16. The van der Waals surface area contributed by atoms with Crippen LogP contribution < -0.4 is 10.9 Å². The van der Waals surface area contributed by atoms with Gasteiger partial charge < -0.3 is 5.32 Å². The molecular formula is C17H16N4O2. The summed E-state index contributed by atoms with van der Waals surface area (Å²) in [6.45, 7) is 2.30. The molecule has 0 aliphatic rings. The molecule has 3 aromatic rings. The van der Waals surface area contributed by atoms with E-state index in [1.54, 1.807) is 12.1 Å². The molecule has 3 rings (SSSR count). The van der Waals surface area contributed by atoms with Crippen molar-refractivity contribution in [1.82, 2.24) is 15.0 Å². The third-order valence-electron chi connectivity index (χ3n) is 3.44. The first-order valence-electron chi connectivity index (χ1n) is 7.20. The number of aromatic amines is 1. The number of nitrogens with one attached hydrogen (secondary N) is 2. The molecule has 1 amide bonds. The second-order valence-corrected chi connectivity index (χ2v) is 5.26. The molecule has 1 heterocycles. The molecule has 0 atom stereocenters. The zero-order chi connectivity index (χ0) is 16.2. The number of anilines is 1. The highest BCUT2D eigenvalue weighted by atomic mass is 16.2. The van der Waals surface area contributed by atoms with Gasteiger partial charge in [-0.05, 0) is 24.6 Å². The third-order valence-corrected chi connectivity index (χ3v) is 3.44. The van der Waals surface area contributed by atoms with Gasteiger partial charge in [-0.3, -0.25) is 9.59 Å². The van der Waals surface area contributed by atoms with Crippen LogP contribution in [0.25, 0.3) is 0 Å². The third kappa shape index (κ3) is 3.37. The van der Waals surface area contributed by atoms with Crippen molar-refractivity contribution in [2.75, 3.05) is 5.32 Å². The fourth-order valence-corrected chi connectivity index (χ4v) is 2.18. The standard InChI is InChI=1S/C17H16N4O2/c1-12-7-9-14(10-8-12)18-16(22)15-17(23)21(20-19-15)11-13-5-3-2-4-6-13/h2-10,20H,11H2,1H3,(H,18,22). The number of amides is 1. The maximum Gasteiger partial charge on any atom is 0.300 e. The number of aryl methyl sites for hydroxylation is 1. The minimum Gasteiger partial charge on any atom is -0.320 e. The first kappa shape index (κ1) is 14.8. The van der Waals surface area contributed by atoms with Crippen LogP contribution in [0.15, 0.2) is 59.4 Å². The van der Waals surface area contributed by atoms with Gasteiger partial charge in [0.25, 0.3) is 11.5 Å². The van der Waals surface area contributed by atoms with Gasteiger partial charge >= 0.3 is 0 Å². The van der Waals surface area contributed by atoms with E-state index in [9.17, 15) is 9.59 Å². The van der Waals surface area contributed by atoms with Gasteiger partial charge in [0.15, 0.2) is 0 Å². The molecule has 2 aromatic carbocycles. The molecule has 0 fully saturated rings. The van der Waals surface area contributed by atoms with Crippen LogP contribution in [0.1, 0.15) is 21.6 Å². The van der Waals surface area contributed by atoms with Crippen LogP contribution in [0.4, 0.5) is 5.69 Å². The van der Waals surface area contributed by atoms with Crippen molar-refractivity contribution in [2.45, 2.75) is 13.5 Å². The van der Waals surface area contributed by atoms with Gasteiger partial charge in [-0.1, -0.05) is 48.0 Å². The molecule has 6 nitrogen and oxygen atoms in total. The van der Waals surface area contributed by atoms with E-state index < -0.39 is 11.5 Å². The molecule has 0 bridgehead atoms. The second kappa shape index (κ2) is 6.31. The fraction of sp³-hybridized carbons (Fsp3) is 0.118. The van der Waals surface area contributed by atoms with E-state index in [1.807, 2.05) is 49.4 Å². The minimum atomic E-state index is -0.526. The van der Waals surface area contributed by atoms with E-state index in [-0.39, 0.29) is 5.69 Å². The topological polar surface area (TPSA) is 79.8 Å². The molecule has 0 saturated carbocycles. The highest BCUT2D eigenvalue weighted by Crippen LogP contribution is 2.09. The van der Waals surface area contributed by atoms with E-state index in [4.69, 9.17) is 0 Å². The number of H-pyrrole nitrogens is 1. The lowest BCUT2D eigenvalue weighted by molar-refractivity contribution is 0.102. The summed E-state index contributed by atoms with van der Waals surface area (Å²) in [6.07, 6.45) is 0. The van der Waals surface area contributed by atoms with Crippen LogP contribution >= 0.6 is 0 Å². The molecule has 0 saturated heterocycles. The summed E-state index contributed by atoms with van der Waals surface area (Å²) in [4.78, 5) is 24.4. The summed E-state index contributed by atoms with van der Waals surface area (Å²) >= 11 is 0. The molecule has 116 valence electrons. The summed E-state index contributed by atoms with van der Waals surface area (Å²) in [5.41, 5.74) is 2.06. The first-order chi connectivity index (χ1) is 11.1. The predicted molar refractivity (Wildman–Crippen MR) is 87.5 cm³/mol. The molecule has 1 aromatic heterocycles. The van der Waals surface area contributed by atoms with Crippen molar-refractivity contribution in [2.24, 2.45) is 0 Å². The summed E-state index contributed by atoms with van der Waals surface area (Å²) in [5.74, 6) is -0.526. The van der Waals surface area contributed by atoms with Gasteiger partial charge in [-0.15, -0.1) is 5.10 Å². The van der Waals surface area contributed by atoms with Gasteiger partial charge in [0.2, 0.25) is 5.69 Å². The van der Waals surface area contributed by atoms with Crippen LogP contribution in [0, 0.1) is 6.92 Å². The monoisotopic (exact) mass is 308 g/mol. The molecule has 0 spiro atoms. The van der Waals surface area contributed by atoms with Crippen molar-refractivity contribution in [3.8, 4) is 0 Å². The maximum absolute atomic E-state index is 12.3. The lowest BCUT2D eigenvalue weighted by Crippen LogP contribution is -2.25. The first-order valence-corrected chi connectivity index (χ1v) is 7.20. The molecule has 2 N–H and O–H groups in total. The normalized spacial score (nSPS) is 10.5. The number of carbonyl (C=O) groups excluding carboxylic acids is 1. The number of rotatable bonds is 4. The number of nitrogens with zero attached hydrogens (tertiary/aromatic N) is 2. The maximum atomic E-state index is 12.3. The van der Waals surface area contributed by atoms with Crippen molar-refractivity contribution < 1.29 is 4.79 Å². The number of carbonyl (C=O) groups is 1. The Balaban J connectivity index is 1.77. The zero-order valence-corrected chi connectivity index (χ0v) is 12.6. The molecule has 0 aliphatic carbocycles. The second-order valence-electron chi connectivity index (χ2n) is 5.26. The van der Waals surface area contributed by atoms with Crippen LogP contribution in [-0.2, 0) is 6.54 Å². The Labute approximate surface area is 132 Å². The van der Waals surface area contributed by atoms with Crippen molar-refractivity contribution in [1.29, 1.82) is 0 Å². The number of benzene rings is 2. The average Bonchev–Trinajstić information content (AvgIpc) is 2.92. The average molecular weight is 308 g/mol. The Morgan fingerprint density at radius 2 is 1.83 bits per heavy atom. The summed E-state index contributed by atoms with van der Waals surface area (Å²) < 4.78 is 1.30. The van der Waals surface area contributed by atoms with E-state index >= 15 is 0 Å². The Morgan fingerprint density at radius 3 is 2.52 bits per heavy atom. The Bertz CT molecular complexity index is 864. The van der Waals surface area contributed by atoms with Gasteiger partial charge in [0.1, 0.15) is 0 Å². The lowest BCUT2D eigenvalue weighted by atomic mass is 10.2. The van der Waals surface area contributed by atoms with E-state index in [0.717, 1.165) is 11.1 Å². The van der Waals surface area contributed by atoms with Gasteiger partial charge in [-0.2, -0.15) is 0 Å². The lowest BCUT2D eigenvalue weighted by Gasteiger charge is -2.02. The van der Waals surface area contributed by atoms with E-state index in [1.165, 1.54) is 4.68 Å². The Kier molecular flexibility index (Phi) is 4.05. The van der Waals surface area contributed by atoms with Crippen molar-refractivity contribution >= 4 is 11.6 Å². The summed E-state index contributed by atoms with van der Waals surface area (Å²) in [6, 6.07) is 16.8. The fourth-order valence-electron chi connectivity index (χ4n) is 2.18. The van der Waals surface area contributed by atoms with Crippen molar-refractivity contribution in [3.63, 3.8) is 0 Å². The Hall–Kier alpha value is -3.15. The van der Waals surface area contributed by atoms with Crippen LogP contribution in [0.3, 0.4) is 0 Å². The number of aromatic nitrogens is 3. The van der Waals surface area contributed by atoms with E-state index in [0.29, 0.717) is 12.2 Å². The van der Waals surface area contributed by atoms with Crippen molar-refractivity contribution in [3.05, 3.63) is 81.8 Å². The minimum absolute atomic E-state index is 0.151. The zero-order valence-electron chi connectivity index (χ0n) is 12.6. The van der Waals surface area contributed by atoms with Crippen LogP contribution in [0.2, 0.25) is 0 Å². The van der Waals surface area contributed by atoms with Crippen LogP contribution in [-0.4, -0.2) is 20.9 Å². The number of hydrogen-bond acceptors (Lipinski definition) is 3. The number of hydrogen-bond donors (Lipinski definition) is 2. The largest absolute Gasteiger partial charge is 0.320 e. The smallest absolute Gasteiger partial charge is 0.300 e. The van der Waals surface area contributed by atoms with Crippen LogP contribution in [0.5, 0.6) is 0 Å². The molecular weight excluding hydrogens is 292 g/mol. The molecule has 0 unspecified atom stereocenters. The van der Waals surface area contributed by atoms with E-state index in [2.05, 4.69) is 15.6 Å². The summed E-state index contributed by atoms with van der Waals surface area (Å²) in [5, 5.41) is 9.10. The van der Waals surface area contributed by atoms with Gasteiger partial charge in [0, 0.05) is 5.69 Å². The SMILES string of the molecule is Cc1ccc(NC(=O)c2n[nH]n(Cc3ccccc3)c2=O)cc1. The predicted octanol–water partition coefficient (Wildman–Crippen LogP) is 2.18. The molecule has 6 heteroatoms. The molecule has 0 radical (unpaired) electrons.